The average Bonchev–Trinajstić information content (AvgIpc) is 2.96. The van der Waals surface area contributed by atoms with Crippen molar-refractivity contribution in [3.05, 3.63) is 51.9 Å². The van der Waals surface area contributed by atoms with Crippen molar-refractivity contribution in [2.75, 3.05) is 11.4 Å². The van der Waals surface area contributed by atoms with E-state index in [4.69, 9.17) is 11.6 Å². The molecule has 2 aromatic rings. The Labute approximate surface area is 146 Å². The highest BCUT2D eigenvalue weighted by Gasteiger charge is 2.34. The molecule has 0 saturated carbocycles. The molecule has 1 fully saturated rings. The van der Waals surface area contributed by atoms with Gasteiger partial charge in [0.1, 0.15) is 11.6 Å². The third-order valence-electron chi connectivity index (χ3n) is 4.82. The number of aryl methyl sites for hydroxylation is 1. The minimum Gasteiger partial charge on any atom is -0.353 e. The van der Waals surface area contributed by atoms with Gasteiger partial charge in [0.15, 0.2) is 0 Å². The van der Waals surface area contributed by atoms with Gasteiger partial charge in [0.25, 0.3) is 5.91 Å². The Morgan fingerprint density at radius 2 is 2.12 bits per heavy atom. The highest BCUT2D eigenvalue weighted by Crippen LogP contribution is 2.34. The first-order valence-electron chi connectivity index (χ1n) is 8.21. The molecule has 0 spiro atoms. The Morgan fingerprint density at radius 1 is 1.29 bits per heavy atom. The molecule has 124 valence electrons. The number of fused-ring (bicyclic) bond motifs is 1. The second-order valence-electron chi connectivity index (χ2n) is 6.52. The van der Waals surface area contributed by atoms with Crippen molar-refractivity contribution in [2.24, 2.45) is 0 Å². The summed E-state index contributed by atoms with van der Waals surface area (Å²) in [4.78, 5) is 26.1. The number of hydrogen-bond acceptors (Lipinski definition) is 4. The molecular formula is C18H19ClN4O. The monoisotopic (exact) mass is 342 g/mol. The normalized spacial score (nSPS) is 19.2. The third kappa shape index (κ3) is 2.53. The lowest BCUT2D eigenvalue weighted by molar-refractivity contribution is 0.0750. The van der Waals surface area contributed by atoms with Crippen LogP contribution < -0.4 is 4.90 Å². The Hall–Kier alpha value is -2.14. The first kappa shape index (κ1) is 15.4. The van der Waals surface area contributed by atoms with E-state index in [1.807, 2.05) is 11.8 Å². The average molecular weight is 343 g/mol. The van der Waals surface area contributed by atoms with Crippen LogP contribution in [0.1, 0.15) is 40.8 Å². The highest BCUT2D eigenvalue weighted by atomic mass is 35.5. The van der Waals surface area contributed by atoms with E-state index in [1.165, 1.54) is 6.42 Å². The third-order valence-corrected chi connectivity index (χ3v) is 5.06. The van der Waals surface area contributed by atoms with Crippen LogP contribution in [-0.4, -0.2) is 33.4 Å². The maximum Gasteiger partial charge on any atom is 0.254 e. The largest absolute Gasteiger partial charge is 0.353 e. The van der Waals surface area contributed by atoms with Crippen LogP contribution in [0.25, 0.3) is 0 Å². The predicted octanol–water partition coefficient (Wildman–Crippen LogP) is 3.19. The predicted molar refractivity (Wildman–Crippen MR) is 93.2 cm³/mol. The maximum absolute atomic E-state index is 12.8. The van der Waals surface area contributed by atoms with Gasteiger partial charge in [0.2, 0.25) is 0 Å². The molecule has 2 aliphatic rings. The number of halogens is 1. The lowest BCUT2D eigenvalue weighted by Gasteiger charge is -2.40. The number of anilines is 1. The number of amides is 1. The number of nitrogens with zero attached hydrogens (tertiary/aromatic N) is 4. The van der Waals surface area contributed by atoms with Gasteiger partial charge >= 0.3 is 0 Å². The van der Waals surface area contributed by atoms with Crippen molar-refractivity contribution in [2.45, 2.75) is 39.4 Å². The molecule has 0 aliphatic carbocycles. The molecule has 4 rings (SSSR count). The standard InChI is InChI=1S/C18H19ClN4O/c1-11-6-7-23(11)17-15-9-22(10-16(15)20-12(2)21-17)18(24)13-4-3-5-14(19)8-13/h3-5,8,11H,6-7,9-10H2,1-2H3. The summed E-state index contributed by atoms with van der Waals surface area (Å²) < 4.78 is 0. The summed E-state index contributed by atoms with van der Waals surface area (Å²) in [6.45, 7) is 6.22. The first-order chi connectivity index (χ1) is 11.5. The summed E-state index contributed by atoms with van der Waals surface area (Å²) in [5.74, 6) is 1.74. The summed E-state index contributed by atoms with van der Waals surface area (Å²) in [6.07, 6.45) is 1.18. The van der Waals surface area contributed by atoms with E-state index >= 15 is 0 Å². The van der Waals surface area contributed by atoms with Crippen LogP contribution in [0.5, 0.6) is 0 Å². The smallest absolute Gasteiger partial charge is 0.254 e. The molecule has 1 saturated heterocycles. The van der Waals surface area contributed by atoms with E-state index in [1.54, 1.807) is 24.3 Å². The molecule has 1 unspecified atom stereocenters. The molecule has 5 nitrogen and oxygen atoms in total. The molecule has 0 radical (unpaired) electrons. The van der Waals surface area contributed by atoms with Crippen LogP contribution in [0.15, 0.2) is 24.3 Å². The van der Waals surface area contributed by atoms with Crippen LogP contribution in [0, 0.1) is 6.92 Å². The minimum absolute atomic E-state index is 0.0178. The number of rotatable bonds is 2. The minimum atomic E-state index is -0.0178. The molecule has 1 amide bonds. The van der Waals surface area contributed by atoms with Gasteiger partial charge in [0.05, 0.1) is 18.8 Å². The summed E-state index contributed by atoms with van der Waals surface area (Å²) in [5, 5.41) is 0.572. The van der Waals surface area contributed by atoms with Gasteiger partial charge in [0, 0.05) is 28.7 Å². The fourth-order valence-corrected chi connectivity index (χ4v) is 3.56. The van der Waals surface area contributed by atoms with Crippen molar-refractivity contribution < 1.29 is 4.79 Å². The van der Waals surface area contributed by atoms with E-state index < -0.39 is 0 Å². The number of carbonyl (C=O) groups excluding carboxylic acids is 1. The van der Waals surface area contributed by atoms with Crippen molar-refractivity contribution in [1.82, 2.24) is 14.9 Å². The van der Waals surface area contributed by atoms with E-state index in [9.17, 15) is 4.79 Å². The Kier molecular flexibility index (Phi) is 3.68. The molecular weight excluding hydrogens is 324 g/mol. The van der Waals surface area contributed by atoms with Gasteiger partial charge in [-0.3, -0.25) is 4.79 Å². The Morgan fingerprint density at radius 3 is 2.79 bits per heavy atom. The van der Waals surface area contributed by atoms with E-state index in [0.717, 1.165) is 29.4 Å². The van der Waals surface area contributed by atoms with Crippen LogP contribution >= 0.6 is 11.6 Å². The molecule has 0 bridgehead atoms. The van der Waals surface area contributed by atoms with E-state index in [2.05, 4.69) is 21.8 Å². The van der Waals surface area contributed by atoms with Crippen molar-refractivity contribution in [3.8, 4) is 0 Å². The molecule has 1 aromatic carbocycles. The topological polar surface area (TPSA) is 49.3 Å². The highest BCUT2D eigenvalue weighted by molar-refractivity contribution is 6.30. The van der Waals surface area contributed by atoms with Gasteiger partial charge in [-0.05, 0) is 38.5 Å². The number of aromatic nitrogens is 2. The summed E-state index contributed by atoms with van der Waals surface area (Å²) in [6, 6.07) is 7.58. The summed E-state index contributed by atoms with van der Waals surface area (Å²) in [5.41, 5.74) is 2.66. The van der Waals surface area contributed by atoms with Crippen LogP contribution in [0.2, 0.25) is 5.02 Å². The molecule has 6 heteroatoms. The zero-order chi connectivity index (χ0) is 16.8. The van der Waals surface area contributed by atoms with Gasteiger partial charge in [-0.15, -0.1) is 0 Å². The molecule has 0 N–H and O–H groups in total. The second kappa shape index (κ2) is 5.74. The number of carbonyl (C=O) groups is 1. The van der Waals surface area contributed by atoms with E-state index in [-0.39, 0.29) is 5.91 Å². The molecule has 1 aromatic heterocycles. The van der Waals surface area contributed by atoms with Crippen molar-refractivity contribution in [1.29, 1.82) is 0 Å². The maximum atomic E-state index is 12.8. The number of benzene rings is 1. The van der Waals surface area contributed by atoms with Crippen molar-refractivity contribution >= 4 is 23.3 Å². The zero-order valence-electron chi connectivity index (χ0n) is 13.8. The van der Waals surface area contributed by atoms with Crippen LogP contribution in [0.4, 0.5) is 5.82 Å². The van der Waals surface area contributed by atoms with Crippen LogP contribution in [0.3, 0.4) is 0 Å². The number of hydrogen-bond donors (Lipinski definition) is 0. The lowest BCUT2D eigenvalue weighted by atomic mass is 10.0. The van der Waals surface area contributed by atoms with Gasteiger partial charge in [-0.1, -0.05) is 17.7 Å². The Bertz CT molecular complexity index is 823. The SMILES string of the molecule is Cc1nc2c(c(N3CCC3C)n1)CN(C(=O)c1cccc(Cl)c1)C2. The first-order valence-corrected chi connectivity index (χ1v) is 8.58. The fourth-order valence-electron chi connectivity index (χ4n) is 3.37. The fraction of sp³-hybridized carbons (Fsp3) is 0.389. The molecule has 1 atom stereocenters. The van der Waals surface area contributed by atoms with E-state index in [0.29, 0.717) is 29.7 Å². The Balaban J connectivity index is 1.64. The zero-order valence-corrected chi connectivity index (χ0v) is 14.5. The summed E-state index contributed by atoms with van der Waals surface area (Å²) >= 11 is 6.02. The van der Waals surface area contributed by atoms with Crippen LogP contribution in [-0.2, 0) is 13.1 Å². The van der Waals surface area contributed by atoms with Gasteiger partial charge in [-0.25, -0.2) is 9.97 Å². The van der Waals surface area contributed by atoms with Gasteiger partial charge in [-0.2, -0.15) is 0 Å². The molecule has 24 heavy (non-hydrogen) atoms. The molecule has 2 aliphatic heterocycles. The van der Waals surface area contributed by atoms with Gasteiger partial charge < -0.3 is 9.80 Å². The quantitative estimate of drug-likeness (QED) is 0.841. The second-order valence-corrected chi connectivity index (χ2v) is 6.96. The molecule has 3 heterocycles. The lowest BCUT2D eigenvalue weighted by Crippen LogP contribution is -2.46. The van der Waals surface area contributed by atoms with Crippen molar-refractivity contribution in [3.63, 3.8) is 0 Å². The summed E-state index contributed by atoms with van der Waals surface area (Å²) in [7, 11) is 0.